The van der Waals surface area contributed by atoms with Crippen LogP contribution in [-0.2, 0) is 9.59 Å². The molecule has 0 unspecified atom stereocenters. The Labute approximate surface area is 128 Å². The van der Waals surface area contributed by atoms with E-state index in [-0.39, 0.29) is 11.4 Å². The van der Waals surface area contributed by atoms with E-state index in [1.165, 1.54) is 31.2 Å². The van der Waals surface area contributed by atoms with E-state index in [0.29, 0.717) is 5.56 Å². The fourth-order valence-corrected chi connectivity index (χ4v) is 1.65. The third kappa shape index (κ3) is 5.74. The van der Waals surface area contributed by atoms with E-state index in [1.54, 1.807) is 6.07 Å². The van der Waals surface area contributed by atoms with Gasteiger partial charge in [0.25, 0.3) is 11.6 Å². The lowest BCUT2D eigenvalue weighted by Gasteiger charge is -2.21. The maximum Gasteiger partial charge on any atom is 0.270 e. The molecule has 0 fully saturated rings. The van der Waals surface area contributed by atoms with Crippen molar-refractivity contribution in [2.45, 2.75) is 33.2 Å². The highest BCUT2D eigenvalue weighted by Gasteiger charge is 2.18. The molecule has 0 aliphatic carbocycles. The van der Waals surface area contributed by atoms with Crippen molar-refractivity contribution in [1.82, 2.24) is 10.6 Å². The molecule has 1 rings (SSSR count). The van der Waals surface area contributed by atoms with Crippen molar-refractivity contribution in [1.29, 1.82) is 0 Å². The molecule has 0 radical (unpaired) electrons. The molecule has 0 bridgehead atoms. The van der Waals surface area contributed by atoms with Crippen molar-refractivity contribution >= 4 is 23.6 Å². The van der Waals surface area contributed by atoms with E-state index in [1.807, 2.05) is 20.8 Å². The van der Waals surface area contributed by atoms with Gasteiger partial charge in [0.15, 0.2) is 0 Å². The Balaban J connectivity index is 3.15. The summed E-state index contributed by atoms with van der Waals surface area (Å²) >= 11 is 0. The number of carbonyl (C=O) groups excluding carboxylic acids is 2. The van der Waals surface area contributed by atoms with Crippen molar-refractivity contribution < 1.29 is 14.5 Å². The Morgan fingerprint density at radius 2 is 1.91 bits per heavy atom. The van der Waals surface area contributed by atoms with Crippen molar-refractivity contribution in [2.75, 3.05) is 0 Å². The molecule has 0 heterocycles. The zero-order chi connectivity index (χ0) is 16.9. The quantitative estimate of drug-likeness (QED) is 0.504. The number of non-ortho nitro benzene ring substituents is 1. The second-order valence-electron chi connectivity index (χ2n) is 5.80. The highest BCUT2D eigenvalue weighted by atomic mass is 16.6. The predicted octanol–water partition coefficient (Wildman–Crippen LogP) is 1.99. The van der Waals surface area contributed by atoms with Crippen LogP contribution in [0.3, 0.4) is 0 Å². The maximum absolute atomic E-state index is 12.2. The van der Waals surface area contributed by atoms with E-state index in [0.717, 1.165) is 0 Å². The van der Waals surface area contributed by atoms with Gasteiger partial charge in [-0.15, -0.1) is 0 Å². The molecule has 7 heteroatoms. The summed E-state index contributed by atoms with van der Waals surface area (Å²) in [7, 11) is 0. The van der Waals surface area contributed by atoms with Gasteiger partial charge in [-0.3, -0.25) is 19.7 Å². The Bertz CT molecular complexity index is 630. The predicted molar refractivity (Wildman–Crippen MR) is 82.8 cm³/mol. The highest BCUT2D eigenvalue weighted by molar-refractivity contribution is 6.01. The number of benzene rings is 1. The van der Waals surface area contributed by atoms with Gasteiger partial charge in [0, 0.05) is 24.6 Å². The number of amides is 2. The molecule has 0 saturated carbocycles. The van der Waals surface area contributed by atoms with Crippen molar-refractivity contribution in [2.24, 2.45) is 0 Å². The second kappa shape index (κ2) is 6.84. The average molecular weight is 305 g/mol. The minimum atomic E-state index is -0.523. The van der Waals surface area contributed by atoms with E-state index >= 15 is 0 Å². The first-order valence-electron chi connectivity index (χ1n) is 6.65. The minimum Gasteiger partial charge on any atom is -0.346 e. The van der Waals surface area contributed by atoms with Crippen molar-refractivity contribution in [3.05, 3.63) is 45.6 Å². The van der Waals surface area contributed by atoms with Crippen molar-refractivity contribution in [3.8, 4) is 0 Å². The summed E-state index contributed by atoms with van der Waals surface area (Å²) in [5, 5.41) is 15.9. The molecule has 118 valence electrons. The third-order valence-electron chi connectivity index (χ3n) is 2.44. The van der Waals surface area contributed by atoms with Crippen LogP contribution in [-0.4, -0.2) is 22.3 Å². The van der Waals surface area contributed by atoms with Gasteiger partial charge in [0.2, 0.25) is 5.91 Å². The van der Waals surface area contributed by atoms with Gasteiger partial charge >= 0.3 is 0 Å². The van der Waals surface area contributed by atoms with Gasteiger partial charge in [0.1, 0.15) is 5.70 Å². The Morgan fingerprint density at radius 3 is 2.41 bits per heavy atom. The molecule has 0 atom stereocenters. The van der Waals surface area contributed by atoms with Crippen LogP contribution in [0.15, 0.2) is 30.0 Å². The molecule has 0 aliphatic rings. The lowest BCUT2D eigenvalue weighted by molar-refractivity contribution is -0.384. The molecule has 1 aromatic rings. The molecular formula is C15H19N3O4. The van der Waals surface area contributed by atoms with E-state index in [9.17, 15) is 19.7 Å². The molecule has 2 N–H and O–H groups in total. The van der Waals surface area contributed by atoms with Crippen LogP contribution in [0, 0.1) is 10.1 Å². The lowest BCUT2D eigenvalue weighted by atomic mass is 10.1. The monoisotopic (exact) mass is 305 g/mol. The van der Waals surface area contributed by atoms with Gasteiger partial charge in [-0.2, -0.15) is 0 Å². The highest BCUT2D eigenvalue weighted by Crippen LogP contribution is 2.15. The summed E-state index contributed by atoms with van der Waals surface area (Å²) in [4.78, 5) is 33.7. The van der Waals surface area contributed by atoms with Crippen LogP contribution in [0.5, 0.6) is 0 Å². The SMILES string of the molecule is CC(=O)N/C(=C\c1cccc([N+](=O)[O-])c1)C(=O)NC(C)(C)C. The van der Waals surface area contributed by atoms with Gasteiger partial charge in [-0.25, -0.2) is 0 Å². The standard InChI is InChI=1S/C15H19N3O4/c1-10(19)16-13(14(20)17-15(2,3)4)9-11-6-5-7-12(8-11)18(21)22/h5-9H,1-4H3,(H,16,19)(H,17,20)/b13-9-. The number of hydrogen-bond donors (Lipinski definition) is 2. The van der Waals surface area contributed by atoms with Gasteiger partial charge < -0.3 is 10.6 Å². The number of nitro groups is 1. The fraction of sp³-hybridized carbons (Fsp3) is 0.333. The maximum atomic E-state index is 12.2. The first kappa shape index (κ1) is 17.4. The van der Waals surface area contributed by atoms with Crippen LogP contribution in [0.4, 0.5) is 5.69 Å². The fourth-order valence-electron chi connectivity index (χ4n) is 1.65. The van der Waals surface area contributed by atoms with Crippen molar-refractivity contribution in [3.63, 3.8) is 0 Å². The average Bonchev–Trinajstić information content (AvgIpc) is 2.35. The van der Waals surface area contributed by atoms with Gasteiger partial charge in [-0.05, 0) is 32.4 Å². The largest absolute Gasteiger partial charge is 0.346 e. The number of nitro benzene ring substituents is 1. The number of rotatable bonds is 4. The summed E-state index contributed by atoms with van der Waals surface area (Å²) in [6, 6.07) is 5.80. The van der Waals surface area contributed by atoms with Crippen LogP contribution < -0.4 is 10.6 Å². The summed E-state index contributed by atoms with van der Waals surface area (Å²) < 4.78 is 0. The molecule has 0 aliphatic heterocycles. The number of nitrogens with zero attached hydrogens (tertiary/aromatic N) is 1. The zero-order valence-corrected chi connectivity index (χ0v) is 13.0. The number of hydrogen-bond acceptors (Lipinski definition) is 4. The van der Waals surface area contributed by atoms with Crippen LogP contribution in [0.25, 0.3) is 6.08 Å². The molecule has 0 aromatic heterocycles. The molecule has 0 spiro atoms. The molecule has 22 heavy (non-hydrogen) atoms. The van der Waals surface area contributed by atoms with Gasteiger partial charge in [-0.1, -0.05) is 12.1 Å². The Kier molecular flexibility index (Phi) is 5.39. The number of nitrogens with one attached hydrogen (secondary N) is 2. The zero-order valence-electron chi connectivity index (χ0n) is 13.0. The van der Waals surface area contributed by atoms with Crippen LogP contribution in [0.1, 0.15) is 33.3 Å². The second-order valence-corrected chi connectivity index (χ2v) is 5.80. The van der Waals surface area contributed by atoms with Gasteiger partial charge in [0.05, 0.1) is 4.92 Å². The first-order chi connectivity index (χ1) is 10.1. The number of carbonyl (C=O) groups is 2. The summed E-state index contributed by atoms with van der Waals surface area (Å²) in [6.07, 6.45) is 1.40. The summed E-state index contributed by atoms with van der Waals surface area (Å²) in [6.45, 7) is 6.71. The molecule has 1 aromatic carbocycles. The Hall–Kier alpha value is -2.70. The van der Waals surface area contributed by atoms with E-state index in [4.69, 9.17) is 0 Å². The minimum absolute atomic E-state index is 0.0305. The first-order valence-corrected chi connectivity index (χ1v) is 6.65. The third-order valence-corrected chi connectivity index (χ3v) is 2.44. The molecule has 0 saturated heterocycles. The molecular weight excluding hydrogens is 286 g/mol. The topological polar surface area (TPSA) is 101 Å². The van der Waals surface area contributed by atoms with E-state index in [2.05, 4.69) is 10.6 Å². The molecule has 2 amide bonds. The van der Waals surface area contributed by atoms with E-state index < -0.39 is 22.3 Å². The molecule has 7 nitrogen and oxygen atoms in total. The van der Waals surface area contributed by atoms with Crippen LogP contribution >= 0.6 is 0 Å². The lowest BCUT2D eigenvalue weighted by Crippen LogP contribution is -2.44. The summed E-state index contributed by atoms with van der Waals surface area (Å²) in [5.41, 5.74) is -0.0887. The summed E-state index contributed by atoms with van der Waals surface area (Å²) in [5.74, 6) is -0.866. The smallest absolute Gasteiger partial charge is 0.270 e. The normalized spacial score (nSPS) is 11.7. The Morgan fingerprint density at radius 1 is 1.27 bits per heavy atom. The van der Waals surface area contributed by atoms with Crippen LogP contribution in [0.2, 0.25) is 0 Å².